The van der Waals surface area contributed by atoms with Crippen molar-refractivity contribution in [3.8, 4) is 0 Å². The van der Waals surface area contributed by atoms with Crippen LogP contribution in [0, 0.1) is 10.1 Å². The predicted octanol–water partition coefficient (Wildman–Crippen LogP) is 3.78. The number of halogens is 1. The highest BCUT2D eigenvalue weighted by Crippen LogP contribution is 2.36. The van der Waals surface area contributed by atoms with Gasteiger partial charge in [0.05, 0.1) is 14.9 Å². The van der Waals surface area contributed by atoms with E-state index < -0.39 is 4.92 Å². The van der Waals surface area contributed by atoms with Crippen molar-refractivity contribution in [1.29, 1.82) is 0 Å². The van der Waals surface area contributed by atoms with E-state index in [0.717, 1.165) is 6.20 Å². The van der Waals surface area contributed by atoms with Gasteiger partial charge in [-0.25, -0.2) is 0 Å². The highest BCUT2D eigenvalue weighted by Gasteiger charge is 2.18. The van der Waals surface area contributed by atoms with Crippen molar-refractivity contribution < 1.29 is 4.92 Å². The number of hydrogen-bond donors (Lipinski definition) is 0. The van der Waals surface area contributed by atoms with Gasteiger partial charge in [-0.3, -0.25) is 10.1 Å². The second-order valence-corrected chi connectivity index (χ2v) is 5.91. The topological polar surface area (TPSA) is 43.1 Å². The molecule has 14 heavy (non-hydrogen) atoms. The zero-order valence-corrected chi connectivity index (χ0v) is 10.3. The molecule has 0 aromatic rings. The Morgan fingerprint density at radius 1 is 1.50 bits per heavy atom. The van der Waals surface area contributed by atoms with Crippen molar-refractivity contribution in [3.05, 3.63) is 32.3 Å². The summed E-state index contributed by atoms with van der Waals surface area (Å²) in [4.78, 5) is 10.4. The third-order valence-electron chi connectivity index (χ3n) is 1.13. The van der Waals surface area contributed by atoms with Crippen LogP contribution in [0.25, 0.3) is 0 Å². The van der Waals surface area contributed by atoms with Gasteiger partial charge in [0.15, 0.2) is 0 Å². The molecule has 0 aliphatic carbocycles. The number of thioether (sulfide) groups is 1. The largest absolute Gasteiger partial charge is 0.259 e. The summed E-state index contributed by atoms with van der Waals surface area (Å²) in [5, 5.41) is 10.8. The fourth-order valence-electron chi connectivity index (χ4n) is 0.705. The Hall–Kier alpha value is -0.480. The molecule has 0 aliphatic heterocycles. The van der Waals surface area contributed by atoms with E-state index in [1.807, 2.05) is 20.8 Å². The molecule has 0 aliphatic rings. The summed E-state index contributed by atoms with van der Waals surface area (Å²) >= 11 is 7.23. The molecule has 0 fully saturated rings. The highest BCUT2D eigenvalue weighted by atomic mass is 35.5. The van der Waals surface area contributed by atoms with Crippen LogP contribution >= 0.6 is 23.4 Å². The first-order valence-corrected chi connectivity index (χ1v) is 5.32. The molecule has 5 heteroatoms. The Morgan fingerprint density at radius 2 is 2.00 bits per heavy atom. The summed E-state index contributed by atoms with van der Waals surface area (Å²) in [5.74, 6) is 0. The first-order valence-electron chi connectivity index (χ1n) is 4.13. The van der Waals surface area contributed by atoms with E-state index in [2.05, 4.69) is 0 Å². The summed E-state index contributed by atoms with van der Waals surface area (Å²) in [6, 6.07) is 0. The Balaban J connectivity index is 4.85. The number of nitro groups is 1. The lowest BCUT2D eigenvalue weighted by atomic mass is 10.3. The van der Waals surface area contributed by atoms with Crippen molar-refractivity contribution in [2.24, 2.45) is 0 Å². The van der Waals surface area contributed by atoms with E-state index in [1.165, 1.54) is 11.8 Å². The minimum absolute atomic E-state index is 0.0923. The average Bonchev–Trinajstić information content (AvgIpc) is 1.98. The molecule has 80 valence electrons. The maximum absolute atomic E-state index is 10.3. The van der Waals surface area contributed by atoms with E-state index in [0.29, 0.717) is 9.94 Å². The van der Waals surface area contributed by atoms with Crippen molar-refractivity contribution in [2.45, 2.75) is 32.4 Å². The number of allylic oxidation sites excluding steroid dienone is 2. The summed E-state index contributed by atoms with van der Waals surface area (Å²) in [6.45, 7) is 7.68. The summed E-state index contributed by atoms with van der Waals surface area (Å²) in [5.41, 5.74) is 0. The smallest absolute Gasteiger partial charge is 0.249 e. The molecule has 3 nitrogen and oxygen atoms in total. The van der Waals surface area contributed by atoms with Crippen LogP contribution in [0.4, 0.5) is 0 Å². The third kappa shape index (κ3) is 6.05. The minimum Gasteiger partial charge on any atom is -0.259 e. The Labute approximate surface area is 93.4 Å². The monoisotopic (exact) mass is 235 g/mol. The molecule has 0 unspecified atom stereocenters. The molecule has 0 saturated carbocycles. The number of rotatable bonds is 3. The molecule has 0 spiro atoms. The van der Waals surface area contributed by atoms with E-state index in [9.17, 15) is 10.1 Å². The number of hydrogen-bond acceptors (Lipinski definition) is 3. The molecule has 0 saturated heterocycles. The molecule has 0 rings (SSSR count). The van der Waals surface area contributed by atoms with Crippen molar-refractivity contribution in [2.75, 3.05) is 0 Å². The zero-order chi connectivity index (χ0) is 11.4. The van der Waals surface area contributed by atoms with Crippen molar-refractivity contribution >= 4 is 23.4 Å². The van der Waals surface area contributed by atoms with Gasteiger partial charge in [-0.05, 0) is 6.92 Å². The van der Waals surface area contributed by atoms with Crippen molar-refractivity contribution in [3.63, 3.8) is 0 Å². The van der Waals surface area contributed by atoms with Gasteiger partial charge in [-0.1, -0.05) is 38.4 Å². The van der Waals surface area contributed by atoms with E-state index in [1.54, 1.807) is 13.0 Å². The van der Waals surface area contributed by atoms with Crippen LogP contribution in [0.2, 0.25) is 0 Å². The lowest BCUT2D eigenvalue weighted by molar-refractivity contribution is -0.402. The van der Waals surface area contributed by atoms with E-state index in [4.69, 9.17) is 11.6 Å². The molecule has 0 N–H and O–H groups in total. The molecule has 0 atom stereocenters. The normalized spacial score (nSPS) is 14.4. The molecule has 0 aromatic carbocycles. The molecular formula is C9H14ClNO2S. The third-order valence-corrected chi connectivity index (χ3v) is 2.82. The standard InChI is InChI=1S/C9H14ClNO2S/c1-5-7(10)8(6-11(12)13)14-9(2,3)4/h5-6H,1-4H3/b7-5+,8-6-. The van der Waals surface area contributed by atoms with Crippen LogP contribution in [-0.4, -0.2) is 9.67 Å². The van der Waals surface area contributed by atoms with Crippen LogP contribution in [0.5, 0.6) is 0 Å². The van der Waals surface area contributed by atoms with Gasteiger partial charge in [0, 0.05) is 4.75 Å². The lowest BCUT2D eigenvalue weighted by Gasteiger charge is -2.17. The Kier molecular flexibility index (Phi) is 5.23. The second kappa shape index (κ2) is 5.41. The Morgan fingerprint density at radius 3 is 2.29 bits per heavy atom. The van der Waals surface area contributed by atoms with Gasteiger partial charge in [-0.2, -0.15) is 0 Å². The summed E-state index contributed by atoms with van der Waals surface area (Å²) in [7, 11) is 0. The van der Waals surface area contributed by atoms with E-state index in [-0.39, 0.29) is 4.75 Å². The number of nitrogens with zero attached hydrogens (tertiary/aromatic N) is 1. The predicted molar refractivity (Wildman–Crippen MR) is 62.0 cm³/mol. The van der Waals surface area contributed by atoms with Crippen LogP contribution < -0.4 is 0 Å². The van der Waals surface area contributed by atoms with Gasteiger partial charge in [0.25, 0.3) is 0 Å². The minimum atomic E-state index is -0.486. The molecular weight excluding hydrogens is 222 g/mol. The van der Waals surface area contributed by atoms with Gasteiger partial charge < -0.3 is 0 Å². The average molecular weight is 236 g/mol. The molecule has 0 aromatic heterocycles. The molecule has 0 bridgehead atoms. The fraction of sp³-hybridized carbons (Fsp3) is 0.556. The second-order valence-electron chi connectivity index (χ2n) is 3.63. The highest BCUT2D eigenvalue weighted by molar-refractivity contribution is 8.04. The van der Waals surface area contributed by atoms with Crippen LogP contribution in [0.15, 0.2) is 22.2 Å². The quantitative estimate of drug-likeness (QED) is 0.425. The summed E-state index contributed by atoms with van der Waals surface area (Å²) in [6.07, 6.45) is 2.59. The summed E-state index contributed by atoms with van der Waals surface area (Å²) < 4.78 is -0.0923. The van der Waals surface area contributed by atoms with Crippen LogP contribution in [0.1, 0.15) is 27.7 Å². The maximum Gasteiger partial charge on any atom is 0.249 e. The van der Waals surface area contributed by atoms with E-state index >= 15 is 0 Å². The van der Waals surface area contributed by atoms with Crippen molar-refractivity contribution in [1.82, 2.24) is 0 Å². The van der Waals surface area contributed by atoms with Crippen LogP contribution in [-0.2, 0) is 0 Å². The zero-order valence-electron chi connectivity index (χ0n) is 8.70. The SMILES string of the molecule is C/C=C(Cl)\C(=C\[N+](=O)[O-])SC(C)(C)C. The molecule has 0 amide bonds. The van der Waals surface area contributed by atoms with Gasteiger partial charge >= 0.3 is 0 Å². The molecule has 0 heterocycles. The Bertz CT molecular complexity index is 279. The lowest BCUT2D eigenvalue weighted by Crippen LogP contribution is -2.08. The van der Waals surface area contributed by atoms with Crippen LogP contribution in [0.3, 0.4) is 0 Å². The van der Waals surface area contributed by atoms with Gasteiger partial charge in [0.2, 0.25) is 6.20 Å². The first kappa shape index (κ1) is 13.5. The maximum atomic E-state index is 10.3. The first-order chi connectivity index (χ1) is 6.26. The van der Waals surface area contributed by atoms with Gasteiger partial charge in [-0.15, -0.1) is 11.8 Å². The van der Waals surface area contributed by atoms with Gasteiger partial charge in [0.1, 0.15) is 0 Å². The fourth-order valence-corrected chi connectivity index (χ4v) is 1.88. The molecule has 0 radical (unpaired) electrons.